The summed E-state index contributed by atoms with van der Waals surface area (Å²) in [5.74, 6) is 0.468. The van der Waals surface area contributed by atoms with E-state index < -0.39 is 0 Å². The fourth-order valence-corrected chi connectivity index (χ4v) is 2.25. The zero-order valence-corrected chi connectivity index (χ0v) is 13.2. The minimum absolute atomic E-state index is 0.248. The molecular formula is C17H19ClFNO. The summed E-state index contributed by atoms with van der Waals surface area (Å²) in [7, 11) is 1.93. The summed E-state index contributed by atoms with van der Waals surface area (Å²) in [6.45, 7) is 4.34. The van der Waals surface area contributed by atoms with Crippen molar-refractivity contribution >= 4 is 11.6 Å². The van der Waals surface area contributed by atoms with Gasteiger partial charge in [0.15, 0.2) is 0 Å². The number of halogens is 2. The molecule has 0 aliphatic heterocycles. The zero-order valence-electron chi connectivity index (χ0n) is 12.4. The predicted octanol–water partition coefficient (Wildman–Crippen LogP) is 4.65. The third-order valence-corrected chi connectivity index (χ3v) is 3.89. The third-order valence-electron chi connectivity index (χ3n) is 3.52. The van der Waals surface area contributed by atoms with Gasteiger partial charge in [0.1, 0.15) is 18.2 Å². The molecule has 0 aliphatic carbocycles. The summed E-state index contributed by atoms with van der Waals surface area (Å²) in [6.07, 6.45) is 0. The van der Waals surface area contributed by atoms with E-state index in [0.29, 0.717) is 10.6 Å². The Labute approximate surface area is 129 Å². The van der Waals surface area contributed by atoms with Crippen LogP contribution in [0.2, 0.25) is 5.02 Å². The Hall–Kier alpha value is -1.58. The molecule has 0 amide bonds. The van der Waals surface area contributed by atoms with Gasteiger partial charge in [0.05, 0.1) is 0 Å². The minimum Gasteiger partial charge on any atom is -0.489 e. The van der Waals surface area contributed by atoms with E-state index in [9.17, 15) is 4.39 Å². The van der Waals surface area contributed by atoms with Gasteiger partial charge < -0.3 is 10.1 Å². The van der Waals surface area contributed by atoms with Crippen LogP contribution in [0.15, 0.2) is 36.4 Å². The van der Waals surface area contributed by atoms with Crippen molar-refractivity contribution in [1.82, 2.24) is 5.32 Å². The molecule has 0 saturated carbocycles. The molecule has 0 aliphatic rings. The molecule has 112 valence electrons. The highest BCUT2D eigenvalue weighted by Crippen LogP contribution is 2.25. The van der Waals surface area contributed by atoms with E-state index in [1.165, 1.54) is 17.7 Å². The first-order valence-corrected chi connectivity index (χ1v) is 7.23. The van der Waals surface area contributed by atoms with Gasteiger partial charge in [0, 0.05) is 16.6 Å². The third kappa shape index (κ3) is 3.96. The van der Waals surface area contributed by atoms with Crippen LogP contribution in [0.1, 0.15) is 29.7 Å². The Morgan fingerprint density at radius 3 is 2.67 bits per heavy atom. The van der Waals surface area contributed by atoms with Gasteiger partial charge >= 0.3 is 0 Å². The second-order valence-electron chi connectivity index (χ2n) is 5.06. The summed E-state index contributed by atoms with van der Waals surface area (Å²) >= 11 is 6.03. The van der Waals surface area contributed by atoms with Crippen LogP contribution in [0.4, 0.5) is 4.39 Å². The zero-order chi connectivity index (χ0) is 15.4. The van der Waals surface area contributed by atoms with E-state index in [0.717, 1.165) is 11.3 Å². The largest absolute Gasteiger partial charge is 0.489 e. The lowest BCUT2D eigenvalue weighted by Gasteiger charge is -2.15. The van der Waals surface area contributed by atoms with E-state index in [-0.39, 0.29) is 18.5 Å². The van der Waals surface area contributed by atoms with Gasteiger partial charge in [-0.3, -0.25) is 0 Å². The molecule has 0 spiro atoms. The van der Waals surface area contributed by atoms with Crippen LogP contribution >= 0.6 is 11.6 Å². The Bertz CT molecular complexity index is 630. The molecule has 0 fully saturated rings. The number of nitrogens with one attached hydrogen (secondary N) is 1. The number of hydrogen-bond acceptors (Lipinski definition) is 2. The van der Waals surface area contributed by atoms with E-state index in [4.69, 9.17) is 16.3 Å². The lowest BCUT2D eigenvalue weighted by molar-refractivity contribution is 0.303. The summed E-state index contributed by atoms with van der Waals surface area (Å²) in [6, 6.07) is 10.6. The fraction of sp³-hybridized carbons (Fsp3) is 0.294. The Morgan fingerprint density at radius 2 is 2.00 bits per heavy atom. The Kier molecular flexibility index (Phi) is 5.21. The first kappa shape index (κ1) is 15.8. The maximum Gasteiger partial charge on any atom is 0.123 e. The van der Waals surface area contributed by atoms with Crippen LogP contribution in [0.25, 0.3) is 0 Å². The van der Waals surface area contributed by atoms with Crippen molar-refractivity contribution in [2.24, 2.45) is 0 Å². The minimum atomic E-state index is -0.312. The van der Waals surface area contributed by atoms with Crippen molar-refractivity contribution in [2.75, 3.05) is 7.05 Å². The molecule has 1 N–H and O–H groups in total. The standard InChI is InChI=1S/C17H19ClFNO/c1-11-8-13(12(2)20-3)4-7-17(11)21-10-14-9-15(19)5-6-16(14)18/h4-9,12,20H,10H2,1-3H3. The highest BCUT2D eigenvalue weighted by molar-refractivity contribution is 6.31. The highest BCUT2D eigenvalue weighted by atomic mass is 35.5. The maximum absolute atomic E-state index is 13.2. The molecule has 0 saturated heterocycles. The van der Waals surface area contributed by atoms with E-state index in [1.54, 1.807) is 6.07 Å². The number of rotatable bonds is 5. The molecule has 2 rings (SSSR count). The molecule has 0 bridgehead atoms. The quantitative estimate of drug-likeness (QED) is 0.868. The number of hydrogen-bond donors (Lipinski definition) is 1. The van der Waals surface area contributed by atoms with Crippen LogP contribution in [-0.2, 0) is 6.61 Å². The summed E-state index contributed by atoms with van der Waals surface area (Å²) in [5.41, 5.74) is 2.89. The Morgan fingerprint density at radius 1 is 1.24 bits per heavy atom. The van der Waals surface area contributed by atoms with Crippen LogP contribution in [0, 0.1) is 12.7 Å². The van der Waals surface area contributed by atoms with Crippen molar-refractivity contribution in [3.63, 3.8) is 0 Å². The van der Waals surface area contributed by atoms with Crippen molar-refractivity contribution in [3.8, 4) is 5.75 Å². The van der Waals surface area contributed by atoms with Crippen LogP contribution in [-0.4, -0.2) is 7.05 Å². The first-order chi connectivity index (χ1) is 10.0. The van der Waals surface area contributed by atoms with Crippen molar-refractivity contribution < 1.29 is 9.13 Å². The van der Waals surface area contributed by atoms with Crippen LogP contribution in [0.3, 0.4) is 0 Å². The number of ether oxygens (including phenoxy) is 1. The number of aryl methyl sites for hydroxylation is 1. The average Bonchev–Trinajstić information content (AvgIpc) is 2.48. The van der Waals surface area contributed by atoms with Crippen LogP contribution < -0.4 is 10.1 Å². The molecule has 0 heterocycles. The monoisotopic (exact) mass is 307 g/mol. The smallest absolute Gasteiger partial charge is 0.123 e. The second kappa shape index (κ2) is 6.92. The van der Waals surface area contributed by atoms with Crippen molar-refractivity contribution in [1.29, 1.82) is 0 Å². The molecule has 2 nitrogen and oxygen atoms in total. The average molecular weight is 308 g/mol. The first-order valence-electron chi connectivity index (χ1n) is 6.86. The predicted molar refractivity (Wildman–Crippen MR) is 84.4 cm³/mol. The van der Waals surface area contributed by atoms with E-state index in [1.807, 2.05) is 26.1 Å². The Balaban J connectivity index is 2.11. The lowest BCUT2D eigenvalue weighted by Crippen LogP contribution is -2.12. The maximum atomic E-state index is 13.2. The topological polar surface area (TPSA) is 21.3 Å². The van der Waals surface area contributed by atoms with Gasteiger partial charge in [-0.05, 0) is 56.3 Å². The van der Waals surface area contributed by atoms with Gasteiger partial charge in [-0.2, -0.15) is 0 Å². The van der Waals surface area contributed by atoms with Crippen molar-refractivity contribution in [3.05, 3.63) is 63.9 Å². The molecule has 1 atom stereocenters. The molecule has 1 unspecified atom stereocenters. The number of benzene rings is 2. The van der Waals surface area contributed by atoms with Gasteiger partial charge in [-0.15, -0.1) is 0 Å². The molecule has 0 aromatic heterocycles. The lowest BCUT2D eigenvalue weighted by atomic mass is 10.1. The summed E-state index contributed by atoms with van der Waals surface area (Å²) < 4.78 is 19.0. The molecule has 4 heteroatoms. The van der Waals surface area contributed by atoms with Crippen LogP contribution in [0.5, 0.6) is 5.75 Å². The second-order valence-corrected chi connectivity index (χ2v) is 5.47. The van der Waals surface area contributed by atoms with Gasteiger partial charge in [0.2, 0.25) is 0 Å². The van der Waals surface area contributed by atoms with E-state index in [2.05, 4.69) is 18.3 Å². The summed E-state index contributed by atoms with van der Waals surface area (Å²) in [4.78, 5) is 0. The van der Waals surface area contributed by atoms with E-state index >= 15 is 0 Å². The molecule has 2 aromatic rings. The van der Waals surface area contributed by atoms with Gasteiger partial charge in [0.25, 0.3) is 0 Å². The molecular weight excluding hydrogens is 289 g/mol. The fourth-order valence-electron chi connectivity index (χ4n) is 2.08. The highest BCUT2D eigenvalue weighted by Gasteiger charge is 2.08. The van der Waals surface area contributed by atoms with Crippen molar-refractivity contribution in [2.45, 2.75) is 26.5 Å². The molecule has 21 heavy (non-hydrogen) atoms. The van der Waals surface area contributed by atoms with Gasteiger partial charge in [-0.25, -0.2) is 4.39 Å². The summed E-state index contributed by atoms with van der Waals surface area (Å²) in [5, 5.41) is 3.71. The normalized spacial score (nSPS) is 12.2. The molecule has 0 radical (unpaired) electrons. The molecule has 2 aromatic carbocycles. The van der Waals surface area contributed by atoms with Gasteiger partial charge in [-0.1, -0.05) is 23.7 Å². The SMILES string of the molecule is CNC(C)c1ccc(OCc2cc(F)ccc2Cl)c(C)c1.